The summed E-state index contributed by atoms with van der Waals surface area (Å²) >= 11 is 0. The van der Waals surface area contributed by atoms with Crippen LogP contribution in [0, 0.1) is 11.7 Å². The minimum absolute atomic E-state index is 0.162. The van der Waals surface area contributed by atoms with E-state index < -0.39 is 5.82 Å². The number of benzene rings is 2. The molecule has 0 radical (unpaired) electrons. The van der Waals surface area contributed by atoms with Gasteiger partial charge in [0, 0.05) is 62.0 Å². The Kier molecular flexibility index (Phi) is 7.84. The van der Waals surface area contributed by atoms with E-state index in [1.54, 1.807) is 6.20 Å². The van der Waals surface area contributed by atoms with E-state index >= 15 is 0 Å². The van der Waals surface area contributed by atoms with Gasteiger partial charge in [-0.1, -0.05) is 0 Å². The summed E-state index contributed by atoms with van der Waals surface area (Å²) in [6, 6.07) is 14.0. The number of hydrogen-bond donors (Lipinski definition) is 4. The smallest absolute Gasteiger partial charge is 0.231 e. The van der Waals surface area contributed by atoms with Crippen molar-refractivity contribution in [3.05, 3.63) is 71.7 Å². The van der Waals surface area contributed by atoms with E-state index in [1.165, 1.54) is 30.0 Å². The third kappa shape index (κ3) is 6.03. The number of fused-ring (bicyclic) bond motifs is 1. The highest BCUT2D eigenvalue weighted by Gasteiger charge is 2.25. The van der Waals surface area contributed by atoms with Crippen molar-refractivity contribution in [3.63, 3.8) is 0 Å². The van der Waals surface area contributed by atoms with Crippen LogP contribution >= 0.6 is 0 Å². The summed E-state index contributed by atoms with van der Waals surface area (Å²) in [5.41, 5.74) is 3.42. The number of aromatic amines is 1. The van der Waals surface area contributed by atoms with Gasteiger partial charge in [-0.3, -0.25) is 4.79 Å². The average molecular weight is 558 g/mol. The van der Waals surface area contributed by atoms with Crippen molar-refractivity contribution in [2.45, 2.75) is 31.7 Å². The quantitative estimate of drug-likeness (QED) is 0.229. The summed E-state index contributed by atoms with van der Waals surface area (Å²) in [6.45, 7) is 4.31. The zero-order valence-electron chi connectivity index (χ0n) is 23.2. The van der Waals surface area contributed by atoms with E-state index in [4.69, 9.17) is 9.97 Å². The largest absolute Gasteiger partial charge is 0.396 e. The number of likely N-dealkylation sites (N-methyl/N-ethyl adjacent to an activating group) is 1. The summed E-state index contributed by atoms with van der Waals surface area (Å²) in [5.74, 6) is 0.696. The Bertz CT molecular complexity index is 1490. The highest BCUT2D eigenvalue weighted by molar-refractivity contribution is 6.18. The normalized spacial score (nSPS) is 19.8. The SMILES string of the molecule is CN1CCN(c2ccc(Nc3nc(NC4CCC(CO)CC4)c4c(C(=O)c5ccc(F)cc5)c[nH]c4n3)cc2)CC1. The lowest BCUT2D eigenvalue weighted by atomic mass is 9.86. The number of nitrogens with zero attached hydrogens (tertiary/aromatic N) is 4. The van der Waals surface area contributed by atoms with Crippen LogP contribution in [0.1, 0.15) is 41.6 Å². The molecule has 41 heavy (non-hydrogen) atoms. The summed E-state index contributed by atoms with van der Waals surface area (Å²) in [5, 5.41) is 17.1. The second kappa shape index (κ2) is 11.8. The number of aromatic nitrogens is 3. The molecule has 10 heteroatoms. The molecular weight excluding hydrogens is 521 g/mol. The van der Waals surface area contributed by atoms with E-state index in [-0.39, 0.29) is 18.4 Å². The van der Waals surface area contributed by atoms with Crippen LogP contribution in [-0.2, 0) is 0 Å². The zero-order chi connectivity index (χ0) is 28.3. The maximum Gasteiger partial charge on any atom is 0.231 e. The van der Waals surface area contributed by atoms with Crippen LogP contribution in [0.25, 0.3) is 11.0 Å². The monoisotopic (exact) mass is 557 g/mol. The number of carbonyl (C=O) groups is 1. The van der Waals surface area contributed by atoms with Crippen LogP contribution < -0.4 is 15.5 Å². The zero-order valence-corrected chi connectivity index (χ0v) is 23.2. The number of H-pyrrole nitrogens is 1. The van der Waals surface area contributed by atoms with Crippen molar-refractivity contribution >= 4 is 40.0 Å². The molecule has 1 aliphatic carbocycles. The van der Waals surface area contributed by atoms with Gasteiger partial charge in [0.15, 0.2) is 5.78 Å². The number of hydrogen-bond acceptors (Lipinski definition) is 8. The molecular formula is C31H36FN7O2. The van der Waals surface area contributed by atoms with Gasteiger partial charge in [0.2, 0.25) is 5.95 Å². The lowest BCUT2D eigenvalue weighted by molar-refractivity contribution is 0.104. The number of piperazine rings is 1. The van der Waals surface area contributed by atoms with Crippen LogP contribution in [-0.4, -0.2) is 76.6 Å². The fraction of sp³-hybridized carbons (Fsp3) is 0.387. The van der Waals surface area contributed by atoms with Crippen molar-refractivity contribution in [1.82, 2.24) is 19.9 Å². The summed E-state index contributed by atoms with van der Waals surface area (Å²) in [6.07, 6.45) is 5.31. The minimum Gasteiger partial charge on any atom is -0.396 e. The molecule has 0 unspecified atom stereocenters. The van der Waals surface area contributed by atoms with Gasteiger partial charge in [-0.05, 0) is 87.2 Å². The van der Waals surface area contributed by atoms with Crippen LogP contribution in [0.15, 0.2) is 54.7 Å². The van der Waals surface area contributed by atoms with Crippen molar-refractivity contribution in [1.29, 1.82) is 0 Å². The Morgan fingerprint density at radius 1 is 1.00 bits per heavy atom. The topological polar surface area (TPSA) is 109 Å². The Morgan fingerprint density at radius 2 is 1.71 bits per heavy atom. The Morgan fingerprint density at radius 3 is 2.39 bits per heavy atom. The molecule has 214 valence electrons. The van der Waals surface area contributed by atoms with E-state index in [0.717, 1.165) is 57.5 Å². The first-order valence-electron chi connectivity index (χ1n) is 14.3. The molecule has 1 saturated carbocycles. The fourth-order valence-electron chi connectivity index (χ4n) is 5.76. The molecule has 6 rings (SSSR count). The molecule has 2 aromatic heterocycles. The Labute approximate surface area is 238 Å². The summed E-state index contributed by atoms with van der Waals surface area (Å²) < 4.78 is 13.5. The predicted octanol–water partition coefficient (Wildman–Crippen LogP) is 4.79. The maximum absolute atomic E-state index is 13.5. The number of carbonyl (C=O) groups excluding carboxylic acids is 1. The molecule has 3 heterocycles. The molecule has 4 aromatic rings. The van der Waals surface area contributed by atoms with Crippen LogP contribution in [0.3, 0.4) is 0 Å². The van der Waals surface area contributed by atoms with Gasteiger partial charge in [0.25, 0.3) is 0 Å². The van der Waals surface area contributed by atoms with Gasteiger partial charge in [-0.15, -0.1) is 0 Å². The van der Waals surface area contributed by atoms with Crippen LogP contribution in [0.5, 0.6) is 0 Å². The first-order chi connectivity index (χ1) is 20.0. The van der Waals surface area contributed by atoms with Crippen molar-refractivity contribution in [2.24, 2.45) is 5.92 Å². The molecule has 0 bridgehead atoms. The number of ketones is 1. The first-order valence-corrected chi connectivity index (χ1v) is 14.3. The number of nitrogens with one attached hydrogen (secondary N) is 3. The molecule has 0 spiro atoms. The molecule has 2 aromatic carbocycles. The molecule has 0 amide bonds. The van der Waals surface area contributed by atoms with Crippen LogP contribution in [0.2, 0.25) is 0 Å². The Hall–Kier alpha value is -4.02. The molecule has 2 aliphatic rings. The number of rotatable bonds is 8. The number of halogens is 1. The maximum atomic E-state index is 13.5. The van der Waals surface area contributed by atoms with E-state index in [2.05, 4.69) is 44.6 Å². The Balaban J connectivity index is 1.29. The number of aliphatic hydroxyl groups is 1. The molecule has 2 fully saturated rings. The second-order valence-electron chi connectivity index (χ2n) is 11.2. The van der Waals surface area contributed by atoms with E-state index in [0.29, 0.717) is 39.8 Å². The molecule has 1 aliphatic heterocycles. The second-order valence-corrected chi connectivity index (χ2v) is 11.2. The lowest BCUT2D eigenvalue weighted by Gasteiger charge is -2.34. The van der Waals surface area contributed by atoms with Crippen molar-refractivity contribution < 1.29 is 14.3 Å². The van der Waals surface area contributed by atoms with Gasteiger partial charge >= 0.3 is 0 Å². The van der Waals surface area contributed by atoms with E-state index in [1.807, 2.05) is 12.1 Å². The van der Waals surface area contributed by atoms with Crippen LogP contribution in [0.4, 0.5) is 27.5 Å². The van der Waals surface area contributed by atoms with Gasteiger partial charge in [0.1, 0.15) is 17.3 Å². The molecule has 0 atom stereocenters. The molecule has 9 nitrogen and oxygen atoms in total. The minimum atomic E-state index is -0.392. The third-order valence-electron chi connectivity index (χ3n) is 8.32. The highest BCUT2D eigenvalue weighted by Crippen LogP contribution is 2.32. The molecule has 4 N–H and O–H groups in total. The first kappa shape index (κ1) is 27.2. The van der Waals surface area contributed by atoms with Crippen molar-refractivity contribution in [3.8, 4) is 0 Å². The third-order valence-corrected chi connectivity index (χ3v) is 8.32. The number of aliphatic hydroxyl groups excluding tert-OH is 1. The molecule has 1 saturated heterocycles. The summed E-state index contributed by atoms with van der Waals surface area (Å²) in [7, 11) is 2.15. The predicted molar refractivity (Wildman–Crippen MR) is 160 cm³/mol. The van der Waals surface area contributed by atoms with Gasteiger partial charge in [0.05, 0.1) is 10.9 Å². The summed E-state index contributed by atoms with van der Waals surface area (Å²) in [4.78, 5) is 30.9. The van der Waals surface area contributed by atoms with Crippen molar-refractivity contribution in [2.75, 3.05) is 55.4 Å². The number of anilines is 4. The van der Waals surface area contributed by atoms with E-state index in [9.17, 15) is 14.3 Å². The van der Waals surface area contributed by atoms with Gasteiger partial charge in [-0.2, -0.15) is 9.97 Å². The van der Waals surface area contributed by atoms with Gasteiger partial charge in [-0.25, -0.2) is 4.39 Å². The average Bonchev–Trinajstić information content (AvgIpc) is 3.43. The van der Waals surface area contributed by atoms with Gasteiger partial charge < -0.3 is 30.5 Å². The highest BCUT2D eigenvalue weighted by atomic mass is 19.1. The fourth-order valence-corrected chi connectivity index (χ4v) is 5.76. The standard InChI is InChI=1S/C31H36FN7O2/c1-38-14-16-39(17-15-38)25-12-10-24(11-13-25)35-31-36-29-27(30(37-31)34-23-8-2-20(19-40)3-9-23)26(18-33-29)28(41)21-4-6-22(32)7-5-21/h4-7,10-13,18,20,23,40H,2-3,8-9,14-17,19H2,1H3,(H3,33,34,35,36,37). The lowest BCUT2D eigenvalue weighted by Crippen LogP contribution is -2.44.